The second-order valence-corrected chi connectivity index (χ2v) is 3.59. The summed E-state index contributed by atoms with van der Waals surface area (Å²) >= 11 is 0. The first-order valence-electron chi connectivity index (χ1n) is 5.14. The molecule has 1 aromatic carbocycles. The molecule has 1 rings (SSSR count). The number of nitrogens with one attached hydrogen (secondary N) is 2. The van der Waals surface area contributed by atoms with Gasteiger partial charge in [0.25, 0.3) is 0 Å². The average molecular weight is 276 g/mol. The molecular weight excluding hydrogens is 265 g/mol. The zero-order chi connectivity index (χ0) is 14.5. The van der Waals surface area contributed by atoms with Gasteiger partial charge in [0.15, 0.2) is 12.4 Å². The summed E-state index contributed by atoms with van der Waals surface area (Å²) in [5.74, 6) is -0.135. The van der Waals surface area contributed by atoms with Crippen molar-refractivity contribution in [1.29, 1.82) is 0 Å². The molecule has 104 valence electrons. The maximum Gasteiger partial charge on any atom is 0.414 e. The minimum atomic E-state index is -4.52. The molecule has 0 fully saturated rings. The molecule has 0 unspecified atom stereocenters. The van der Waals surface area contributed by atoms with Crippen LogP contribution in [0.3, 0.4) is 0 Å². The van der Waals surface area contributed by atoms with E-state index in [0.29, 0.717) is 11.3 Å². The first kappa shape index (κ1) is 15.0. The number of carbonyl (C=O) groups excluding carboxylic acids is 2. The van der Waals surface area contributed by atoms with Crippen molar-refractivity contribution in [1.82, 2.24) is 5.48 Å². The average Bonchev–Trinajstić information content (AvgIpc) is 2.27. The molecule has 2 amide bonds. The molecule has 0 radical (unpaired) electrons. The Morgan fingerprint density at radius 1 is 1.21 bits per heavy atom. The number of halogens is 3. The molecule has 0 saturated carbocycles. The lowest BCUT2D eigenvalue weighted by Crippen LogP contribution is -2.32. The molecule has 0 bridgehead atoms. The predicted octanol–water partition coefficient (Wildman–Crippen LogP) is 2.50. The number of hydrogen-bond donors (Lipinski definition) is 2. The summed E-state index contributed by atoms with van der Waals surface area (Å²) in [5.41, 5.74) is 2.36. The highest BCUT2D eigenvalue weighted by molar-refractivity contribution is 5.95. The van der Waals surface area contributed by atoms with Crippen molar-refractivity contribution in [3.05, 3.63) is 29.8 Å². The van der Waals surface area contributed by atoms with Crippen molar-refractivity contribution in [2.45, 2.75) is 13.1 Å². The zero-order valence-electron chi connectivity index (χ0n) is 9.88. The van der Waals surface area contributed by atoms with E-state index in [0.717, 1.165) is 0 Å². The van der Waals surface area contributed by atoms with Gasteiger partial charge in [-0.2, -0.15) is 13.2 Å². The van der Waals surface area contributed by atoms with Gasteiger partial charge in [-0.05, 0) is 31.2 Å². The maximum absolute atomic E-state index is 11.7. The Morgan fingerprint density at radius 2 is 1.79 bits per heavy atom. The third kappa shape index (κ3) is 5.87. The lowest BCUT2D eigenvalue weighted by Gasteiger charge is -2.09. The van der Waals surface area contributed by atoms with Gasteiger partial charge in [-0.25, -0.2) is 10.3 Å². The van der Waals surface area contributed by atoms with E-state index in [4.69, 9.17) is 0 Å². The molecule has 0 saturated heterocycles. The molecule has 1 aromatic rings. The molecule has 0 aliphatic carbocycles. The Bertz CT molecular complexity index is 457. The molecule has 0 spiro atoms. The van der Waals surface area contributed by atoms with Crippen LogP contribution < -0.4 is 10.8 Å². The Balaban J connectivity index is 2.42. The SMILES string of the molecule is CC(=O)c1ccc(NC(=O)NOCC(F)(F)F)cc1. The maximum atomic E-state index is 11.7. The summed E-state index contributed by atoms with van der Waals surface area (Å²) in [4.78, 5) is 26.1. The van der Waals surface area contributed by atoms with E-state index in [1.165, 1.54) is 31.2 Å². The third-order valence-corrected chi connectivity index (χ3v) is 1.95. The van der Waals surface area contributed by atoms with Gasteiger partial charge in [-0.1, -0.05) is 0 Å². The first-order valence-corrected chi connectivity index (χ1v) is 5.14. The second kappa shape index (κ2) is 6.19. The van der Waals surface area contributed by atoms with Crippen LogP contribution in [0.15, 0.2) is 24.3 Å². The molecule has 0 atom stereocenters. The summed E-state index contributed by atoms with van der Waals surface area (Å²) in [7, 11) is 0. The molecule has 5 nitrogen and oxygen atoms in total. The van der Waals surface area contributed by atoms with Crippen molar-refractivity contribution in [2.75, 3.05) is 11.9 Å². The quantitative estimate of drug-likeness (QED) is 0.656. The van der Waals surface area contributed by atoms with E-state index >= 15 is 0 Å². The van der Waals surface area contributed by atoms with Crippen LogP contribution in [-0.2, 0) is 4.84 Å². The topological polar surface area (TPSA) is 67.4 Å². The standard InChI is InChI=1S/C11H11F3N2O3/c1-7(17)8-2-4-9(5-3-8)15-10(18)16-19-6-11(12,13)14/h2-5H,6H2,1H3,(H2,15,16,18). The summed E-state index contributed by atoms with van der Waals surface area (Å²) in [6, 6.07) is 4.91. The number of Topliss-reactive ketones (excluding diaryl/α,β-unsaturated/α-hetero) is 1. The molecule has 0 aromatic heterocycles. The highest BCUT2D eigenvalue weighted by Crippen LogP contribution is 2.13. The summed E-state index contributed by atoms with van der Waals surface area (Å²) in [6.45, 7) is -0.191. The number of hydrogen-bond acceptors (Lipinski definition) is 3. The van der Waals surface area contributed by atoms with E-state index in [9.17, 15) is 22.8 Å². The van der Waals surface area contributed by atoms with Gasteiger partial charge in [-0.3, -0.25) is 9.63 Å². The van der Waals surface area contributed by atoms with Gasteiger partial charge in [0, 0.05) is 11.3 Å². The first-order chi connectivity index (χ1) is 8.78. The monoisotopic (exact) mass is 276 g/mol. The van der Waals surface area contributed by atoms with E-state index in [-0.39, 0.29) is 5.78 Å². The fourth-order valence-electron chi connectivity index (χ4n) is 1.13. The van der Waals surface area contributed by atoms with E-state index in [1.807, 2.05) is 0 Å². The minimum Gasteiger partial charge on any atom is -0.306 e. The lowest BCUT2D eigenvalue weighted by atomic mass is 10.1. The van der Waals surface area contributed by atoms with Crippen molar-refractivity contribution in [3.8, 4) is 0 Å². The van der Waals surface area contributed by atoms with Gasteiger partial charge >= 0.3 is 12.2 Å². The van der Waals surface area contributed by atoms with Gasteiger partial charge < -0.3 is 5.32 Å². The van der Waals surface area contributed by atoms with E-state index in [1.54, 1.807) is 5.48 Å². The van der Waals surface area contributed by atoms with Crippen LogP contribution in [0, 0.1) is 0 Å². The molecule has 8 heteroatoms. The highest BCUT2D eigenvalue weighted by Gasteiger charge is 2.28. The number of urea groups is 1. The number of anilines is 1. The van der Waals surface area contributed by atoms with Crippen LogP contribution in [-0.4, -0.2) is 24.6 Å². The summed E-state index contributed by atoms with van der Waals surface area (Å²) < 4.78 is 35.2. The lowest BCUT2D eigenvalue weighted by molar-refractivity contribution is -0.183. The minimum absolute atomic E-state index is 0.135. The van der Waals surface area contributed by atoms with Crippen molar-refractivity contribution >= 4 is 17.5 Å². The van der Waals surface area contributed by atoms with Gasteiger partial charge in [0.2, 0.25) is 0 Å². The normalized spacial score (nSPS) is 10.9. The van der Waals surface area contributed by atoms with Crippen LogP contribution in [0.5, 0.6) is 0 Å². The van der Waals surface area contributed by atoms with Crippen LogP contribution >= 0.6 is 0 Å². The van der Waals surface area contributed by atoms with Crippen LogP contribution in [0.1, 0.15) is 17.3 Å². The van der Waals surface area contributed by atoms with Gasteiger partial charge in [0.1, 0.15) is 0 Å². The smallest absolute Gasteiger partial charge is 0.306 e. The van der Waals surface area contributed by atoms with Crippen LogP contribution in [0.25, 0.3) is 0 Å². The fourth-order valence-corrected chi connectivity index (χ4v) is 1.13. The van der Waals surface area contributed by atoms with Gasteiger partial charge in [-0.15, -0.1) is 0 Å². The Morgan fingerprint density at radius 3 is 2.26 bits per heavy atom. The third-order valence-electron chi connectivity index (χ3n) is 1.95. The molecule has 0 aliphatic heterocycles. The number of rotatable bonds is 4. The highest BCUT2D eigenvalue weighted by atomic mass is 19.4. The number of carbonyl (C=O) groups is 2. The summed E-state index contributed by atoms with van der Waals surface area (Å²) in [5, 5.41) is 2.24. The van der Waals surface area contributed by atoms with Gasteiger partial charge in [0.05, 0.1) is 0 Å². The van der Waals surface area contributed by atoms with Crippen LogP contribution in [0.4, 0.5) is 23.7 Å². The molecule has 19 heavy (non-hydrogen) atoms. The molecule has 0 aliphatic rings. The number of hydroxylamine groups is 1. The Labute approximate surface area is 106 Å². The number of benzene rings is 1. The van der Waals surface area contributed by atoms with Crippen molar-refractivity contribution in [2.24, 2.45) is 0 Å². The number of amides is 2. The number of ketones is 1. The van der Waals surface area contributed by atoms with Crippen molar-refractivity contribution < 1.29 is 27.6 Å². The molecule has 0 heterocycles. The largest absolute Gasteiger partial charge is 0.414 e. The molecule has 2 N–H and O–H groups in total. The Kier molecular flexibility index (Phi) is 4.87. The van der Waals surface area contributed by atoms with E-state index < -0.39 is 18.8 Å². The Hall–Kier alpha value is -2.09. The summed E-state index contributed by atoms with van der Waals surface area (Å²) in [6.07, 6.45) is -4.52. The van der Waals surface area contributed by atoms with Crippen LogP contribution in [0.2, 0.25) is 0 Å². The second-order valence-electron chi connectivity index (χ2n) is 3.59. The fraction of sp³-hybridized carbons (Fsp3) is 0.273. The molecular formula is C11H11F3N2O3. The number of alkyl halides is 3. The van der Waals surface area contributed by atoms with Crippen molar-refractivity contribution in [3.63, 3.8) is 0 Å². The van der Waals surface area contributed by atoms with E-state index in [2.05, 4.69) is 10.2 Å². The predicted molar refractivity (Wildman–Crippen MR) is 60.6 cm³/mol. The zero-order valence-corrected chi connectivity index (χ0v) is 9.88.